The number of pyridine rings is 1. The highest BCUT2D eigenvalue weighted by Gasteiger charge is 2.29. The number of alkyl halides is 3. The Labute approximate surface area is 164 Å². The molecular formula is C19H19F4N3O3. The van der Waals surface area contributed by atoms with Gasteiger partial charge in [0.05, 0.1) is 11.7 Å². The summed E-state index contributed by atoms with van der Waals surface area (Å²) in [6.45, 7) is 2.96. The van der Waals surface area contributed by atoms with Gasteiger partial charge in [0.2, 0.25) is 11.8 Å². The van der Waals surface area contributed by atoms with Crippen LogP contribution in [0.3, 0.4) is 0 Å². The second-order valence-corrected chi connectivity index (χ2v) is 6.37. The first-order chi connectivity index (χ1) is 13.5. The van der Waals surface area contributed by atoms with Crippen LogP contribution >= 0.6 is 0 Å². The maximum Gasteiger partial charge on any atom is 0.422 e. The molecule has 0 saturated heterocycles. The Bertz CT molecular complexity index is 916. The van der Waals surface area contributed by atoms with Gasteiger partial charge in [0.1, 0.15) is 5.82 Å². The molecule has 0 aliphatic carbocycles. The zero-order valence-corrected chi connectivity index (χ0v) is 15.9. The summed E-state index contributed by atoms with van der Waals surface area (Å²) in [6.07, 6.45) is -3.17. The van der Waals surface area contributed by atoms with E-state index in [9.17, 15) is 27.2 Å². The number of nitrogens with zero attached hydrogens (tertiary/aromatic N) is 1. The number of carbonyl (C=O) groups is 2. The zero-order chi connectivity index (χ0) is 21.8. The maximum atomic E-state index is 13.7. The number of benzene rings is 1. The fraction of sp³-hybridized carbons (Fsp3) is 0.316. The summed E-state index contributed by atoms with van der Waals surface area (Å²) < 4.78 is 55.1. The molecule has 156 valence electrons. The van der Waals surface area contributed by atoms with Gasteiger partial charge in [-0.05, 0) is 43.7 Å². The highest BCUT2D eigenvalue weighted by molar-refractivity contribution is 5.97. The van der Waals surface area contributed by atoms with Gasteiger partial charge < -0.3 is 15.4 Å². The van der Waals surface area contributed by atoms with Crippen LogP contribution in [0, 0.1) is 12.7 Å². The molecule has 1 heterocycles. The fourth-order valence-corrected chi connectivity index (χ4v) is 2.44. The smallest absolute Gasteiger partial charge is 0.422 e. The third-order valence-corrected chi connectivity index (χ3v) is 3.81. The zero-order valence-electron chi connectivity index (χ0n) is 15.9. The lowest BCUT2D eigenvalue weighted by Crippen LogP contribution is -2.27. The van der Waals surface area contributed by atoms with Crippen molar-refractivity contribution in [3.8, 4) is 5.88 Å². The molecule has 2 amide bonds. The summed E-state index contributed by atoms with van der Waals surface area (Å²) in [7, 11) is 0. The van der Waals surface area contributed by atoms with Gasteiger partial charge in [0.25, 0.3) is 5.91 Å². The molecular weight excluding hydrogens is 394 g/mol. The Hall–Kier alpha value is -3.17. The van der Waals surface area contributed by atoms with E-state index in [1.807, 2.05) is 0 Å². The Morgan fingerprint density at radius 3 is 2.52 bits per heavy atom. The summed E-state index contributed by atoms with van der Waals surface area (Å²) >= 11 is 0. The van der Waals surface area contributed by atoms with E-state index in [1.165, 1.54) is 32.2 Å². The van der Waals surface area contributed by atoms with Crippen molar-refractivity contribution in [1.82, 2.24) is 10.3 Å². The number of ether oxygens (including phenoxy) is 1. The average molecular weight is 413 g/mol. The summed E-state index contributed by atoms with van der Waals surface area (Å²) in [6, 6.07) is 4.54. The molecule has 1 aromatic carbocycles. The lowest BCUT2D eigenvalue weighted by molar-refractivity contribution is -0.154. The molecule has 2 aromatic rings. The van der Waals surface area contributed by atoms with Crippen molar-refractivity contribution >= 4 is 17.5 Å². The summed E-state index contributed by atoms with van der Waals surface area (Å²) in [4.78, 5) is 27.4. The van der Waals surface area contributed by atoms with Crippen molar-refractivity contribution in [2.45, 2.75) is 33.0 Å². The number of amides is 2. The third kappa shape index (κ3) is 6.44. The SMILES string of the molecule is CC(=O)Nc1cc(C(=O)NC(C)c2cnc(OCC(F)(F)F)c(C)c2)ccc1F. The molecule has 1 unspecified atom stereocenters. The molecule has 0 saturated carbocycles. The van der Waals surface area contributed by atoms with Crippen molar-refractivity contribution in [3.63, 3.8) is 0 Å². The number of aromatic nitrogens is 1. The number of nitrogens with one attached hydrogen (secondary N) is 2. The predicted octanol–water partition coefficient (Wildman–Crippen LogP) is 3.92. The number of hydrogen-bond acceptors (Lipinski definition) is 4. The van der Waals surface area contributed by atoms with Crippen molar-refractivity contribution in [2.24, 2.45) is 0 Å². The molecule has 2 N–H and O–H groups in total. The van der Waals surface area contributed by atoms with Crippen molar-refractivity contribution < 1.29 is 31.9 Å². The third-order valence-electron chi connectivity index (χ3n) is 3.81. The van der Waals surface area contributed by atoms with E-state index in [2.05, 4.69) is 20.4 Å². The first-order valence-corrected chi connectivity index (χ1v) is 8.50. The molecule has 0 fully saturated rings. The van der Waals surface area contributed by atoms with Crippen molar-refractivity contribution in [2.75, 3.05) is 11.9 Å². The van der Waals surface area contributed by atoms with Crippen LogP contribution in [0.25, 0.3) is 0 Å². The highest BCUT2D eigenvalue weighted by Crippen LogP contribution is 2.23. The van der Waals surface area contributed by atoms with Crippen LogP contribution in [-0.4, -0.2) is 29.6 Å². The van der Waals surface area contributed by atoms with Gasteiger partial charge in [-0.3, -0.25) is 9.59 Å². The fourth-order valence-electron chi connectivity index (χ4n) is 2.44. The van der Waals surface area contributed by atoms with E-state index in [1.54, 1.807) is 13.0 Å². The summed E-state index contributed by atoms with van der Waals surface area (Å²) in [5.41, 5.74) is 0.917. The monoisotopic (exact) mass is 413 g/mol. The van der Waals surface area contributed by atoms with Gasteiger partial charge in [-0.15, -0.1) is 0 Å². The van der Waals surface area contributed by atoms with E-state index in [0.29, 0.717) is 11.1 Å². The summed E-state index contributed by atoms with van der Waals surface area (Å²) in [5, 5.41) is 4.97. The topological polar surface area (TPSA) is 80.3 Å². The normalized spacial score (nSPS) is 12.2. The quantitative estimate of drug-likeness (QED) is 0.704. The van der Waals surface area contributed by atoms with E-state index >= 15 is 0 Å². The molecule has 0 radical (unpaired) electrons. The number of halogens is 4. The molecule has 29 heavy (non-hydrogen) atoms. The minimum atomic E-state index is -4.47. The van der Waals surface area contributed by atoms with E-state index in [0.717, 1.165) is 6.07 Å². The standard InChI is InChI=1S/C19H19F4N3O3/c1-10-6-14(8-24-18(10)29-9-19(21,22)23)11(2)25-17(28)13-4-5-15(20)16(7-13)26-12(3)27/h4-8,11H,9H2,1-3H3,(H,25,28)(H,26,27). The lowest BCUT2D eigenvalue weighted by Gasteiger charge is -2.17. The molecule has 0 spiro atoms. The molecule has 0 aliphatic rings. The molecule has 0 aliphatic heterocycles. The maximum absolute atomic E-state index is 13.7. The molecule has 0 bridgehead atoms. The number of aryl methyl sites for hydroxylation is 1. The van der Waals surface area contributed by atoms with Gasteiger partial charge >= 0.3 is 6.18 Å². The average Bonchev–Trinajstić information content (AvgIpc) is 2.61. The number of anilines is 1. The van der Waals surface area contributed by atoms with E-state index in [-0.39, 0.29) is 17.1 Å². The lowest BCUT2D eigenvalue weighted by atomic mass is 10.1. The first-order valence-electron chi connectivity index (χ1n) is 8.50. The van der Waals surface area contributed by atoms with E-state index < -0.39 is 36.5 Å². The minimum absolute atomic E-state index is 0.122. The van der Waals surface area contributed by atoms with Gasteiger partial charge in [-0.25, -0.2) is 9.37 Å². The number of hydrogen-bond donors (Lipinski definition) is 2. The Morgan fingerprint density at radius 2 is 1.93 bits per heavy atom. The second-order valence-electron chi connectivity index (χ2n) is 6.37. The van der Waals surface area contributed by atoms with Gasteiger partial charge in [-0.1, -0.05) is 0 Å². The number of rotatable bonds is 6. The Kier molecular flexibility index (Phi) is 6.78. The molecule has 10 heteroatoms. The van der Waals surface area contributed by atoms with E-state index in [4.69, 9.17) is 0 Å². The van der Waals surface area contributed by atoms with Gasteiger partial charge in [0, 0.05) is 24.2 Å². The van der Waals surface area contributed by atoms with Crippen LogP contribution in [0.15, 0.2) is 30.5 Å². The van der Waals surface area contributed by atoms with Gasteiger partial charge in [0.15, 0.2) is 6.61 Å². The van der Waals surface area contributed by atoms with Crippen LogP contribution < -0.4 is 15.4 Å². The number of carbonyl (C=O) groups excluding carboxylic acids is 2. The Balaban J connectivity index is 2.09. The predicted molar refractivity (Wildman–Crippen MR) is 97.1 cm³/mol. The highest BCUT2D eigenvalue weighted by atomic mass is 19.4. The minimum Gasteiger partial charge on any atom is -0.468 e. The molecule has 1 aromatic heterocycles. The largest absolute Gasteiger partial charge is 0.468 e. The van der Waals surface area contributed by atoms with Crippen LogP contribution in [0.5, 0.6) is 5.88 Å². The van der Waals surface area contributed by atoms with Crippen LogP contribution in [-0.2, 0) is 4.79 Å². The molecule has 1 atom stereocenters. The Morgan fingerprint density at radius 1 is 1.24 bits per heavy atom. The van der Waals surface area contributed by atoms with Crippen molar-refractivity contribution in [1.29, 1.82) is 0 Å². The molecule has 2 rings (SSSR count). The van der Waals surface area contributed by atoms with Crippen LogP contribution in [0.2, 0.25) is 0 Å². The van der Waals surface area contributed by atoms with Crippen molar-refractivity contribution in [3.05, 3.63) is 53.0 Å². The second kappa shape index (κ2) is 8.89. The van der Waals surface area contributed by atoms with Crippen LogP contribution in [0.1, 0.15) is 41.4 Å². The summed E-state index contributed by atoms with van der Waals surface area (Å²) in [5.74, 6) is -1.84. The first kappa shape index (κ1) is 22.1. The van der Waals surface area contributed by atoms with Crippen LogP contribution in [0.4, 0.5) is 23.2 Å². The van der Waals surface area contributed by atoms with Gasteiger partial charge in [-0.2, -0.15) is 13.2 Å². The molecule has 6 nitrogen and oxygen atoms in total.